The number of hydrogen-bond acceptors (Lipinski definition) is 2. The molecule has 1 amide bonds. The molecule has 3 nitrogen and oxygen atoms in total. The lowest BCUT2D eigenvalue weighted by Crippen LogP contribution is -2.34. The number of benzene rings is 2. The minimum atomic E-state index is -0.504. The van der Waals surface area contributed by atoms with Gasteiger partial charge in [0.15, 0.2) is 0 Å². The van der Waals surface area contributed by atoms with Crippen molar-refractivity contribution in [2.24, 2.45) is 0 Å². The van der Waals surface area contributed by atoms with Crippen LogP contribution in [0.15, 0.2) is 54.6 Å². The smallest absolute Gasteiger partial charge is 0.254 e. The number of nitrogens with one attached hydrogen (secondary N) is 1. The van der Waals surface area contributed by atoms with E-state index >= 15 is 0 Å². The summed E-state index contributed by atoms with van der Waals surface area (Å²) in [6.45, 7) is 0.421. The summed E-state index contributed by atoms with van der Waals surface area (Å²) in [6, 6.07) is 15.9. The molecule has 2 rings (SSSR count). The van der Waals surface area contributed by atoms with Gasteiger partial charge in [-0.15, -0.1) is 0 Å². The fraction of sp³-hybridized carbons (Fsp3) is 0.235. The van der Waals surface area contributed by atoms with E-state index in [9.17, 15) is 9.18 Å². The summed E-state index contributed by atoms with van der Waals surface area (Å²) >= 11 is 0. The molecule has 0 aliphatic carbocycles. The summed E-state index contributed by atoms with van der Waals surface area (Å²) in [6.07, 6.45) is 0. The van der Waals surface area contributed by atoms with Crippen molar-refractivity contribution >= 4 is 5.91 Å². The molecule has 0 radical (unpaired) electrons. The minimum absolute atomic E-state index is 0.0434. The van der Waals surface area contributed by atoms with Gasteiger partial charge >= 0.3 is 0 Å². The maximum absolute atomic E-state index is 13.6. The summed E-state index contributed by atoms with van der Waals surface area (Å²) in [5.74, 6) is -0.896. The first-order valence-electron chi connectivity index (χ1n) is 6.83. The number of amides is 1. The van der Waals surface area contributed by atoms with Crippen LogP contribution < -0.4 is 5.32 Å². The molecule has 0 bridgehead atoms. The standard InChI is InChI=1S/C17H19FN2O/c1-20(2)16(13-8-4-3-5-9-13)12-19-17(21)14-10-6-7-11-15(14)18/h3-11,16H,12H2,1-2H3,(H,19,21)/t16-/m0/s1. The average Bonchev–Trinajstić information content (AvgIpc) is 2.48. The van der Waals surface area contributed by atoms with Crippen LogP contribution in [0, 0.1) is 5.82 Å². The Morgan fingerprint density at radius 1 is 1.10 bits per heavy atom. The van der Waals surface area contributed by atoms with E-state index in [-0.39, 0.29) is 11.6 Å². The second-order valence-corrected chi connectivity index (χ2v) is 5.08. The van der Waals surface area contributed by atoms with E-state index < -0.39 is 11.7 Å². The summed E-state index contributed by atoms with van der Waals surface area (Å²) in [7, 11) is 3.90. The molecule has 0 unspecified atom stereocenters. The van der Waals surface area contributed by atoms with Crippen LogP contribution in [-0.4, -0.2) is 31.4 Å². The van der Waals surface area contributed by atoms with Gasteiger partial charge < -0.3 is 10.2 Å². The number of carbonyl (C=O) groups is 1. The third kappa shape index (κ3) is 3.89. The van der Waals surface area contributed by atoms with E-state index in [0.717, 1.165) is 5.56 Å². The molecular formula is C17H19FN2O. The first-order chi connectivity index (χ1) is 10.1. The molecular weight excluding hydrogens is 267 g/mol. The third-order valence-electron chi connectivity index (χ3n) is 3.38. The lowest BCUT2D eigenvalue weighted by Gasteiger charge is -2.25. The second-order valence-electron chi connectivity index (χ2n) is 5.08. The van der Waals surface area contributed by atoms with E-state index in [0.29, 0.717) is 6.54 Å². The highest BCUT2D eigenvalue weighted by Gasteiger charge is 2.16. The Labute approximate surface area is 124 Å². The highest BCUT2D eigenvalue weighted by molar-refractivity contribution is 5.94. The van der Waals surface area contributed by atoms with Crippen molar-refractivity contribution < 1.29 is 9.18 Å². The Kier molecular flexibility index (Phi) is 5.06. The van der Waals surface area contributed by atoms with Crippen molar-refractivity contribution in [2.75, 3.05) is 20.6 Å². The maximum Gasteiger partial charge on any atom is 0.254 e. The van der Waals surface area contributed by atoms with Gasteiger partial charge in [0.1, 0.15) is 5.82 Å². The topological polar surface area (TPSA) is 32.3 Å². The minimum Gasteiger partial charge on any atom is -0.350 e. The molecule has 0 aliphatic heterocycles. The molecule has 1 N–H and O–H groups in total. The Hall–Kier alpha value is -2.20. The third-order valence-corrected chi connectivity index (χ3v) is 3.38. The van der Waals surface area contributed by atoms with Crippen molar-refractivity contribution in [3.63, 3.8) is 0 Å². The lowest BCUT2D eigenvalue weighted by atomic mass is 10.1. The Balaban J connectivity index is 2.06. The molecule has 0 aromatic heterocycles. The van der Waals surface area contributed by atoms with Gasteiger partial charge in [0.2, 0.25) is 0 Å². The van der Waals surface area contributed by atoms with E-state index in [1.54, 1.807) is 12.1 Å². The summed E-state index contributed by atoms with van der Waals surface area (Å²) < 4.78 is 13.6. The zero-order valence-electron chi connectivity index (χ0n) is 12.2. The number of rotatable bonds is 5. The van der Waals surface area contributed by atoms with Crippen LogP contribution in [0.4, 0.5) is 4.39 Å². The van der Waals surface area contributed by atoms with Gasteiger partial charge in [0.25, 0.3) is 5.91 Å². The predicted octanol–water partition coefficient (Wildman–Crippen LogP) is 2.86. The average molecular weight is 286 g/mol. The molecule has 2 aromatic carbocycles. The number of carbonyl (C=O) groups excluding carboxylic acids is 1. The molecule has 0 heterocycles. The van der Waals surface area contributed by atoms with Crippen molar-refractivity contribution in [1.29, 1.82) is 0 Å². The van der Waals surface area contributed by atoms with Crippen LogP contribution in [0.3, 0.4) is 0 Å². The molecule has 0 spiro atoms. The largest absolute Gasteiger partial charge is 0.350 e. The van der Waals surface area contributed by atoms with Crippen LogP contribution in [0.1, 0.15) is 22.0 Å². The zero-order chi connectivity index (χ0) is 15.2. The van der Waals surface area contributed by atoms with Gasteiger partial charge in [-0.25, -0.2) is 4.39 Å². The van der Waals surface area contributed by atoms with Crippen LogP contribution in [0.5, 0.6) is 0 Å². The van der Waals surface area contributed by atoms with Gasteiger partial charge in [-0.1, -0.05) is 42.5 Å². The Morgan fingerprint density at radius 3 is 2.33 bits per heavy atom. The van der Waals surface area contributed by atoms with Crippen molar-refractivity contribution in [1.82, 2.24) is 10.2 Å². The lowest BCUT2D eigenvalue weighted by molar-refractivity contribution is 0.0938. The number of nitrogens with zero attached hydrogens (tertiary/aromatic N) is 1. The second kappa shape index (κ2) is 6.99. The summed E-state index contributed by atoms with van der Waals surface area (Å²) in [4.78, 5) is 14.1. The fourth-order valence-corrected chi connectivity index (χ4v) is 2.20. The van der Waals surface area contributed by atoms with Gasteiger partial charge in [0, 0.05) is 6.54 Å². The van der Waals surface area contributed by atoms with E-state index in [1.165, 1.54) is 12.1 Å². The normalized spacial score (nSPS) is 12.2. The number of likely N-dealkylation sites (N-methyl/N-ethyl adjacent to an activating group) is 1. The fourth-order valence-electron chi connectivity index (χ4n) is 2.20. The molecule has 0 aliphatic rings. The maximum atomic E-state index is 13.6. The summed E-state index contributed by atoms with van der Waals surface area (Å²) in [5.41, 5.74) is 1.18. The zero-order valence-corrected chi connectivity index (χ0v) is 12.2. The van der Waals surface area contributed by atoms with Gasteiger partial charge in [-0.3, -0.25) is 4.79 Å². The number of halogens is 1. The SMILES string of the molecule is CN(C)[C@@H](CNC(=O)c1ccccc1F)c1ccccc1. The van der Waals surface area contributed by atoms with Crippen molar-refractivity contribution in [3.8, 4) is 0 Å². The van der Waals surface area contributed by atoms with Crippen LogP contribution in [-0.2, 0) is 0 Å². The highest BCUT2D eigenvalue weighted by Crippen LogP contribution is 2.17. The molecule has 21 heavy (non-hydrogen) atoms. The van der Waals surface area contributed by atoms with Gasteiger partial charge in [-0.05, 0) is 31.8 Å². The quantitative estimate of drug-likeness (QED) is 0.916. The molecule has 0 fully saturated rings. The molecule has 0 saturated carbocycles. The molecule has 4 heteroatoms. The molecule has 0 saturated heterocycles. The molecule has 1 atom stereocenters. The molecule has 2 aromatic rings. The van der Waals surface area contributed by atoms with Crippen LogP contribution in [0.2, 0.25) is 0 Å². The van der Waals surface area contributed by atoms with Crippen molar-refractivity contribution in [2.45, 2.75) is 6.04 Å². The molecule has 110 valence electrons. The predicted molar refractivity (Wildman–Crippen MR) is 81.6 cm³/mol. The van der Waals surface area contributed by atoms with Crippen molar-refractivity contribution in [3.05, 3.63) is 71.5 Å². The number of hydrogen-bond donors (Lipinski definition) is 1. The Bertz CT molecular complexity index is 599. The van der Waals surface area contributed by atoms with Crippen LogP contribution >= 0.6 is 0 Å². The monoisotopic (exact) mass is 286 g/mol. The Morgan fingerprint density at radius 2 is 1.71 bits per heavy atom. The highest BCUT2D eigenvalue weighted by atomic mass is 19.1. The van der Waals surface area contributed by atoms with E-state index in [1.807, 2.05) is 49.3 Å². The van der Waals surface area contributed by atoms with Crippen LogP contribution in [0.25, 0.3) is 0 Å². The van der Waals surface area contributed by atoms with Gasteiger partial charge in [0.05, 0.1) is 11.6 Å². The first-order valence-corrected chi connectivity index (χ1v) is 6.83. The van der Waals surface area contributed by atoms with E-state index in [2.05, 4.69) is 5.32 Å². The van der Waals surface area contributed by atoms with Gasteiger partial charge in [-0.2, -0.15) is 0 Å². The van der Waals surface area contributed by atoms with E-state index in [4.69, 9.17) is 0 Å². The first kappa shape index (κ1) is 15.2. The summed E-state index contributed by atoms with van der Waals surface area (Å²) in [5, 5.41) is 2.80.